The highest BCUT2D eigenvalue weighted by molar-refractivity contribution is 7.88. The molecule has 3 rings (SSSR count). The lowest BCUT2D eigenvalue weighted by Gasteiger charge is -2.20. The minimum absolute atomic E-state index is 0.513. The summed E-state index contributed by atoms with van der Waals surface area (Å²) in [6, 6.07) is 10.1. The molecule has 8 nitrogen and oxygen atoms in total. The molecule has 9 heteroatoms. The smallest absolute Gasteiger partial charge is 0.211 e. The number of tetrazole rings is 1. The average molecular weight is 350 g/mol. The van der Waals surface area contributed by atoms with Gasteiger partial charge in [0, 0.05) is 19.6 Å². The fourth-order valence-corrected chi connectivity index (χ4v) is 3.73. The fourth-order valence-electron chi connectivity index (χ4n) is 2.85. The van der Waals surface area contributed by atoms with Gasteiger partial charge >= 0.3 is 0 Å². The lowest BCUT2D eigenvalue weighted by molar-refractivity contribution is 0.267. The van der Waals surface area contributed by atoms with Gasteiger partial charge < -0.3 is 0 Å². The van der Waals surface area contributed by atoms with E-state index < -0.39 is 10.0 Å². The van der Waals surface area contributed by atoms with Gasteiger partial charge in [0.2, 0.25) is 10.0 Å². The number of sulfonamides is 1. The van der Waals surface area contributed by atoms with E-state index in [1.807, 2.05) is 30.3 Å². The SMILES string of the molecule is CS(=O)(=O)N1CCCN(Cc2nnnn2Cc2ccccc2)CC1. The number of aromatic nitrogens is 4. The minimum atomic E-state index is -3.12. The zero-order valence-corrected chi connectivity index (χ0v) is 14.6. The Hall–Kier alpha value is -1.84. The Morgan fingerprint density at radius 1 is 1.04 bits per heavy atom. The van der Waals surface area contributed by atoms with E-state index >= 15 is 0 Å². The largest absolute Gasteiger partial charge is 0.295 e. The van der Waals surface area contributed by atoms with Crippen molar-refractivity contribution in [2.45, 2.75) is 19.5 Å². The van der Waals surface area contributed by atoms with Gasteiger partial charge in [0.1, 0.15) is 0 Å². The van der Waals surface area contributed by atoms with Crippen LogP contribution in [0.3, 0.4) is 0 Å². The van der Waals surface area contributed by atoms with E-state index in [0.29, 0.717) is 32.7 Å². The Bertz CT molecular complexity index is 761. The molecule has 1 aliphatic rings. The Kier molecular flexibility index (Phi) is 5.22. The summed E-state index contributed by atoms with van der Waals surface area (Å²) in [5, 5.41) is 12.0. The average Bonchev–Trinajstić information content (AvgIpc) is 2.82. The molecule has 1 aliphatic heterocycles. The van der Waals surface area contributed by atoms with Crippen LogP contribution in [0.25, 0.3) is 0 Å². The lowest BCUT2D eigenvalue weighted by Crippen LogP contribution is -2.34. The Morgan fingerprint density at radius 2 is 1.83 bits per heavy atom. The first-order valence-corrected chi connectivity index (χ1v) is 9.83. The first-order valence-electron chi connectivity index (χ1n) is 7.99. The first kappa shape index (κ1) is 17.0. The van der Waals surface area contributed by atoms with Crippen LogP contribution in [0.1, 0.15) is 17.8 Å². The van der Waals surface area contributed by atoms with Crippen molar-refractivity contribution in [3.05, 3.63) is 41.7 Å². The van der Waals surface area contributed by atoms with E-state index in [1.165, 1.54) is 6.26 Å². The highest BCUT2D eigenvalue weighted by Gasteiger charge is 2.22. The third kappa shape index (κ3) is 4.37. The maximum absolute atomic E-state index is 11.7. The predicted molar refractivity (Wildman–Crippen MR) is 89.7 cm³/mol. The van der Waals surface area contributed by atoms with Crippen molar-refractivity contribution in [1.82, 2.24) is 29.4 Å². The highest BCUT2D eigenvalue weighted by Crippen LogP contribution is 2.10. The quantitative estimate of drug-likeness (QED) is 0.765. The van der Waals surface area contributed by atoms with Crippen molar-refractivity contribution in [1.29, 1.82) is 0 Å². The van der Waals surface area contributed by atoms with E-state index in [4.69, 9.17) is 0 Å². The van der Waals surface area contributed by atoms with Gasteiger partial charge in [-0.15, -0.1) is 5.10 Å². The number of benzene rings is 1. The standard InChI is InChI=1S/C15H22N6O2S/c1-24(22,23)20-9-5-8-19(10-11-20)13-15-16-17-18-21(15)12-14-6-3-2-4-7-14/h2-4,6-7H,5,8-13H2,1H3. The molecule has 24 heavy (non-hydrogen) atoms. The lowest BCUT2D eigenvalue weighted by atomic mass is 10.2. The highest BCUT2D eigenvalue weighted by atomic mass is 32.2. The minimum Gasteiger partial charge on any atom is -0.295 e. The van der Waals surface area contributed by atoms with Crippen molar-refractivity contribution < 1.29 is 8.42 Å². The molecule has 130 valence electrons. The summed E-state index contributed by atoms with van der Waals surface area (Å²) in [6.07, 6.45) is 2.08. The molecule has 0 amide bonds. The molecule has 2 aromatic rings. The van der Waals surface area contributed by atoms with Crippen LogP contribution in [-0.4, -0.2) is 70.3 Å². The van der Waals surface area contributed by atoms with Crippen LogP contribution in [0.2, 0.25) is 0 Å². The second-order valence-electron chi connectivity index (χ2n) is 6.03. The van der Waals surface area contributed by atoms with Crippen LogP contribution in [-0.2, 0) is 23.1 Å². The van der Waals surface area contributed by atoms with Gasteiger partial charge in [0.25, 0.3) is 0 Å². The molecule has 0 bridgehead atoms. The Morgan fingerprint density at radius 3 is 2.58 bits per heavy atom. The zero-order chi connectivity index (χ0) is 17.0. The van der Waals surface area contributed by atoms with E-state index in [2.05, 4.69) is 20.4 Å². The summed E-state index contributed by atoms with van der Waals surface area (Å²) in [5.74, 6) is 0.798. The number of nitrogens with zero attached hydrogens (tertiary/aromatic N) is 6. The summed E-state index contributed by atoms with van der Waals surface area (Å²) < 4.78 is 26.7. The maximum atomic E-state index is 11.7. The molecular formula is C15H22N6O2S. The maximum Gasteiger partial charge on any atom is 0.211 e. The van der Waals surface area contributed by atoms with Crippen LogP contribution < -0.4 is 0 Å². The topological polar surface area (TPSA) is 84.2 Å². The van der Waals surface area contributed by atoms with Crippen molar-refractivity contribution in [2.24, 2.45) is 0 Å². The zero-order valence-electron chi connectivity index (χ0n) is 13.7. The van der Waals surface area contributed by atoms with Crippen molar-refractivity contribution in [2.75, 3.05) is 32.4 Å². The molecule has 1 aromatic heterocycles. The Balaban J connectivity index is 1.64. The van der Waals surface area contributed by atoms with Crippen LogP contribution in [0.4, 0.5) is 0 Å². The Labute approximate surface area is 142 Å². The monoisotopic (exact) mass is 350 g/mol. The van der Waals surface area contributed by atoms with Gasteiger partial charge in [-0.3, -0.25) is 4.90 Å². The van der Waals surface area contributed by atoms with Crippen molar-refractivity contribution in [3.8, 4) is 0 Å². The molecule has 0 saturated carbocycles. The van der Waals surface area contributed by atoms with Gasteiger partial charge in [-0.05, 0) is 29.0 Å². The van der Waals surface area contributed by atoms with Crippen LogP contribution in [0.15, 0.2) is 30.3 Å². The normalized spacial score (nSPS) is 17.7. The van der Waals surface area contributed by atoms with E-state index in [-0.39, 0.29) is 0 Å². The fraction of sp³-hybridized carbons (Fsp3) is 0.533. The summed E-state index contributed by atoms with van der Waals surface area (Å²) in [7, 11) is -3.12. The van der Waals surface area contributed by atoms with Gasteiger partial charge in [0.05, 0.1) is 19.3 Å². The van der Waals surface area contributed by atoms with Crippen LogP contribution >= 0.6 is 0 Å². The van der Waals surface area contributed by atoms with Crippen LogP contribution in [0, 0.1) is 0 Å². The molecule has 0 atom stereocenters. The summed E-state index contributed by atoms with van der Waals surface area (Å²) >= 11 is 0. The van der Waals surface area contributed by atoms with Crippen molar-refractivity contribution in [3.63, 3.8) is 0 Å². The van der Waals surface area contributed by atoms with E-state index in [0.717, 1.165) is 24.4 Å². The van der Waals surface area contributed by atoms with E-state index in [9.17, 15) is 8.42 Å². The van der Waals surface area contributed by atoms with Gasteiger partial charge in [-0.2, -0.15) is 0 Å². The molecule has 0 N–H and O–H groups in total. The molecule has 0 unspecified atom stereocenters. The summed E-state index contributed by atoms with van der Waals surface area (Å²) in [4.78, 5) is 2.21. The number of hydrogen-bond acceptors (Lipinski definition) is 6. The van der Waals surface area contributed by atoms with Crippen LogP contribution in [0.5, 0.6) is 0 Å². The molecule has 1 fully saturated rings. The van der Waals surface area contributed by atoms with Crippen molar-refractivity contribution >= 4 is 10.0 Å². The summed E-state index contributed by atoms with van der Waals surface area (Å²) in [5.41, 5.74) is 1.14. The molecule has 1 aromatic carbocycles. The second-order valence-corrected chi connectivity index (χ2v) is 8.01. The van der Waals surface area contributed by atoms with Gasteiger partial charge in [-0.25, -0.2) is 17.4 Å². The molecule has 0 radical (unpaired) electrons. The van der Waals surface area contributed by atoms with E-state index in [1.54, 1.807) is 8.99 Å². The molecule has 2 heterocycles. The molecule has 1 saturated heterocycles. The number of rotatable bonds is 5. The first-order chi connectivity index (χ1) is 11.5. The predicted octanol–water partition coefficient (Wildman–Crippen LogP) is 0.189. The third-order valence-electron chi connectivity index (χ3n) is 4.16. The molecular weight excluding hydrogens is 328 g/mol. The second kappa shape index (κ2) is 7.37. The van der Waals surface area contributed by atoms with Gasteiger partial charge in [-0.1, -0.05) is 30.3 Å². The number of hydrogen-bond donors (Lipinski definition) is 0. The molecule has 0 spiro atoms. The molecule has 0 aliphatic carbocycles. The third-order valence-corrected chi connectivity index (χ3v) is 5.47. The summed E-state index contributed by atoms with van der Waals surface area (Å²) in [6.45, 7) is 3.86. The van der Waals surface area contributed by atoms with Gasteiger partial charge in [0.15, 0.2) is 5.82 Å².